The van der Waals surface area contributed by atoms with Crippen LogP contribution in [0.5, 0.6) is 0 Å². The van der Waals surface area contributed by atoms with Gasteiger partial charge < -0.3 is 4.52 Å². The summed E-state index contributed by atoms with van der Waals surface area (Å²) < 4.78 is 6.22. The maximum Gasteiger partial charge on any atom is 0.237 e. The van der Waals surface area contributed by atoms with E-state index in [4.69, 9.17) is 9.78 Å². The van der Waals surface area contributed by atoms with Gasteiger partial charge in [-0.1, -0.05) is 16.9 Å². The third-order valence-corrected chi connectivity index (χ3v) is 5.06. The molecule has 0 unspecified atom stereocenters. The van der Waals surface area contributed by atoms with Gasteiger partial charge in [-0.25, -0.2) is 4.98 Å². The quantitative estimate of drug-likeness (QED) is 0.635. The average Bonchev–Trinajstić information content (AvgIpc) is 3.14. The van der Waals surface area contributed by atoms with E-state index in [1.54, 1.807) is 29.7 Å². The van der Waals surface area contributed by atoms with E-state index < -0.39 is 0 Å². The Morgan fingerprint density at radius 1 is 1.43 bits per heavy atom. The lowest BCUT2D eigenvalue weighted by atomic mass is 10.3. The van der Waals surface area contributed by atoms with Crippen LogP contribution in [0.2, 0.25) is 0 Å². The van der Waals surface area contributed by atoms with Crippen LogP contribution in [0.3, 0.4) is 0 Å². The van der Waals surface area contributed by atoms with E-state index in [1.807, 2.05) is 11.4 Å². The van der Waals surface area contributed by atoms with Gasteiger partial charge in [-0.2, -0.15) is 10.2 Å². The molecule has 0 aliphatic carbocycles. The topological polar surface area (TPSA) is 75.6 Å². The molecule has 0 aliphatic heterocycles. The summed E-state index contributed by atoms with van der Waals surface area (Å²) in [7, 11) is 0. The van der Waals surface area contributed by atoms with Crippen LogP contribution in [0.1, 0.15) is 11.5 Å². The van der Waals surface area contributed by atoms with Crippen LogP contribution in [0.25, 0.3) is 10.7 Å². The third kappa shape index (κ3) is 3.50. The molecule has 3 rings (SSSR count). The first-order valence-electron chi connectivity index (χ1n) is 5.80. The number of hydrogen-bond donors (Lipinski definition) is 0. The van der Waals surface area contributed by atoms with Crippen LogP contribution >= 0.6 is 39.0 Å². The molecule has 21 heavy (non-hydrogen) atoms. The maximum absolute atomic E-state index is 8.85. The Labute approximate surface area is 137 Å². The Hall–Kier alpha value is -1.69. The Balaban J connectivity index is 1.69. The Bertz CT molecular complexity index is 808. The summed E-state index contributed by atoms with van der Waals surface area (Å²) in [5.74, 6) is 1.63. The van der Waals surface area contributed by atoms with E-state index in [-0.39, 0.29) is 0 Å². The molecule has 3 aromatic heterocycles. The minimum atomic E-state index is 0.515. The van der Waals surface area contributed by atoms with Crippen LogP contribution in [0.4, 0.5) is 0 Å². The van der Waals surface area contributed by atoms with Crippen LogP contribution < -0.4 is 0 Å². The van der Waals surface area contributed by atoms with Crippen molar-refractivity contribution in [2.24, 2.45) is 0 Å². The van der Waals surface area contributed by atoms with E-state index in [0.29, 0.717) is 23.0 Å². The van der Waals surface area contributed by atoms with Crippen molar-refractivity contribution in [3.05, 3.63) is 45.7 Å². The molecule has 3 heterocycles. The second kappa shape index (κ2) is 6.39. The summed E-state index contributed by atoms with van der Waals surface area (Å²) in [6, 6.07) is 7.44. The molecule has 0 saturated carbocycles. The van der Waals surface area contributed by atoms with E-state index in [2.05, 4.69) is 37.1 Å². The van der Waals surface area contributed by atoms with Crippen molar-refractivity contribution in [2.45, 2.75) is 10.8 Å². The van der Waals surface area contributed by atoms with Crippen LogP contribution in [0.15, 0.2) is 43.8 Å². The van der Waals surface area contributed by atoms with Crippen molar-refractivity contribution in [3.8, 4) is 16.8 Å². The molecule has 0 aliphatic rings. The number of thioether (sulfide) groups is 1. The normalized spacial score (nSPS) is 10.5. The zero-order valence-corrected chi connectivity index (χ0v) is 13.7. The maximum atomic E-state index is 8.85. The van der Waals surface area contributed by atoms with Gasteiger partial charge in [0.15, 0.2) is 0 Å². The fraction of sp³-hybridized carbons (Fsp3) is 0.0769. The molecule has 0 fully saturated rings. The number of pyridine rings is 1. The van der Waals surface area contributed by atoms with E-state index in [9.17, 15) is 0 Å². The van der Waals surface area contributed by atoms with Gasteiger partial charge in [-0.05, 0) is 34.1 Å². The Kier molecular flexibility index (Phi) is 4.34. The Morgan fingerprint density at radius 3 is 3.10 bits per heavy atom. The SMILES string of the molecule is N#Cc1ccnc(SCc2nc(-c3cc(Br)cs3)no2)c1. The molecular formula is C13H7BrN4OS2. The molecular weight excluding hydrogens is 372 g/mol. The van der Waals surface area contributed by atoms with Crippen LogP contribution in [-0.2, 0) is 5.75 Å². The largest absolute Gasteiger partial charge is 0.338 e. The number of thiophene rings is 1. The van der Waals surface area contributed by atoms with Gasteiger partial charge in [-0.3, -0.25) is 0 Å². The van der Waals surface area contributed by atoms with Crippen molar-refractivity contribution in [3.63, 3.8) is 0 Å². The highest BCUT2D eigenvalue weighted by Gasteiger charge is 2.11. The highest BCUT2D eigenvalue weighted by Crippen LogP contribution is 2.28. The highest BCUT2D eigenvalue weighted by atomic mass is 79.9. The molecule has 0 N–H and O–H groups in total. The molecule has 0 aromatic carbocycles. The van der Waals surface area contributed by atoms with E-state index >= 15 is 0 Å². The van der Waals surface area contributed by atoms with Crippen molar-refractivity contribution in [1.82, 2.24) is 15.1 Å². The molecule has 0 atom stereocenters. The van der Waals surface area contributed by atoms with Gasteiger partial charge >= 0.3 is 0 Å². The minimum absolute atomic E-state index is 0.515. The number of halogens is 1. The number of nitriles is 1. The van der Waals surface area contributed by atoms with Gasteiger partial charge in [0.05, 0.1) is 27.3 Å². The number of hydrogen-bond acceptors (Lipinski definition) is 7. The lowest BCUT2D eigenvalue weighted by molar-refractivity contribution is 0.392. The monoisotopic (exact) mass is 378 g/mol. The zero-order chi connectivity index (χ0) is 14.7. The predicted octanol–water partition coefficient (Wildman–Crippen LogP) is 4.12. The van der Waals surface area contributed by atoms with Crippen LogP contribution in [-0.4, -0.2) is 15.1 Å². The van der Waals surface area contributed by atoms with Crippen molar-refractivity contribution < 1.29 is 4.52 Å². The van der Waals surface area contributed by atoms with Crippen molar-refractivity contribution in [2.75, 3.05) is 0 Å². The van der Waals surface area contributed by atoms with Crippen molar-refractivity contribution >= 4 is 39.0 Å². The third-order valence-electron chi connectivity index (χ3n) is 2.46. The summed E-state index contributed by atoms with van der Waals surface area (Å²) in [5, 5.41) is 15.5. The number of aromatic nitrogens is 3. The summed E-state index contributed by atoms with van der Waals surface area (Å²) in [6.45, 7) is 0. The van der Waals surface area contributed by atoms with E-state index in [1.165, 1.54) is 11.8 Å². The average molecular weight is 379 g/mol. The summed E-state index contributed by atoms with van der Waals surface area (Å²) in [6.07, 6.45) is 1.61. The van der Waals surface area contributed by atoms with Gasteiger partial charge in [0.2, 0.25) is 11.7 Å². The first-order chi connectivity index (χ1) is 10.2. The van der Waals surface area contributed by atoms with Gasteiger partial charge in [-0.15, -0.1) is 11.3 Å². The second-order valence-electron chi connectivity index (χ2n) is 3.92. The first-order valence-corrected chi connectivity index (χ1v) is 8.46. The molecule has 104 valence electrons. The predicted molar refractivity (Wildman–Crippen MR) is 83.8 cm³/mol. The minimum Gasteiger partial charge on any atom is -0.338 e. The molecule has 0 saturated heterocycles. The Morgan fingerprint density at radius 2 is 2.33 bits per heavy atom. The lowest BCUT2D eigenvalue weighted by Gasteiger charge is -1.96. The fourth-order valence-corrected chi connectivity index (χ4v) is 3.62. The second-order valence-corrected chi connectivity index (χ2v) is 6.75. The molecule has 3 aromatic rings. The molecule has 0 bridgehead atoms. The van der Waals surface area contributed by atoms with Crippen molar-refractivity contribution in [1.29, 1.82) is 5.26 Å². The highest BCUT2D eigenvalue weighted by molar-refractivity contribution is 9.10. The summed E-state index contributed by atoms with van der Waals surface area (Å²) in [4.78, 5) is 9.49. The first kappa shape index (κ1) is 14.3. The van der Waals surface area contributed by atoms with E-state index in [0.717, 1.165) is 14.4 Å². The van der Waals surface area contributed by atoms with Gasteiger partial charge in [0, 0.05) is 16.0 Å². The number of rotatable bonds is 4. The molecule has 5 nitrogen and oxygen atoms in total. The van der Waals surface area contributed by atoms with Crippen LogP contribution in [0, 0.1) is 11.3 Å². The molecule has 0 radical (unpaired) electrons. The smallest absolute Gasteiger partial charge is 0.237 e. The number of nitrogens with zero attached hydrogens (tertiary/aromatic N) is 4. The molecule has 8 heteroatoms. The molecule has 0 spiro atoms. The fourth-order valence-electron chi connectivity index (χ4n) is 1.54. The van der Waals surface area contributed by atoms with Gasteiger partial charge in [0.25, 0.3) is 0 Å². The van der Waals surface area contributed by atoms with Gasteiger partial charge in [0.1, 0.15) is 0 Å². The zero-order valence-electron chi connectivity index (χ0n) is 10.5. The lowest BCUT2D eigenvalue weighted by Crippen LogP contribution is -1.85. The molecule has 0 amide bonds. The summed E-state index contributed by atoms with van der Waals surface area (Å²) >= 11 is 6.40. The summed E-state index contributed by atoms with van der Waals surface area (Å²) in [5.41, 5.74) is 0.585. The standard InChI is InChI=1S/C13H7BrN4OS2/c14-9-4-10(20-6-9)13-17-11(19-18-13)7-21-12-3-8(5-15)1-2-16-12/h1-4,6H,7H2.